The third kappa shape index (κ3) is 3.39. The van der Waals surface area contributed by atoms with Crippen LogP contribution in [0.4, 0.5) is 0 Å². The van der Waals surface area contributed by atoms with Crippen LogP contribution < -0.4 is 4.74 Å². The van der Waals surface area contributed by atoms with Gasteiger partial charge in [-0.2, -0.15) is 0 Å². The van der Waals surface area contributed by atoms with E-state index in [-0.39, 0.29) is 11.9 Å². The monoisotopic (exact) mass is 275 g/mol. The number of pyridine rings is 1. The van der Waals surface area contributed by atoms with Crippen molar-refractivity contribution in [2.45, 2.75) is 25.8 Å². The predicted molar refractivity (Wildman–Crippen MR) is 73.5 cm³/mol. The summed E-state index contributed by atoms with van der Waals surface area (Å²) >= 11 is 0. The minimum absolute atomic E-state index is 0.00232. The zero-order chi connectivity index (χ0) is 14.4. The van der Waals surface area contributed by atoms with Gasteiger partial charge in [-0.15, -0.1) is 0 Å². The van der Waals surface area contributed by atoms with Crippen LogP contribution in [-0.4, -0.2) is 41.5 Å². The molecule has 1 aliphatic rings. The molecule has 0 bridgehead atoms. The number of carbonyl (C=O) groups excluding carboxylic acids is 1. The number of rotatable bonds is 4. The number of piperidine rings is 1. The number of aromatic nitrogens is 1. The Morgan fingerprint density at radius 3 is 2.85 bits per heavy atom. The lowest BCUT2D eigenvalue weighted by Gasteiger charge is -2.29. The minimum atomic E-state index is -0.0417. The molecule has 20 heavy (non-hydrogen) atoms. The highest BCUT2D eigenvalue weighted by molar-refractivity contribution is 5.94. The van der Waals surface area contributed by atoms with Crippen LogP contribution in [0.1, 0.15) is 30.1 Å². The molecule has 0 aliphatic carbocycles. The van der Waals surface area contributed by atoms with Crippen molar-refractivity contribution in [3.63, 3.8) is 0 Å². The van der Waals surface area contributed by atoms with Crippen molar-refractivity contribution in [2.24, 2.45) is 5.11 Å². The Labute approximate surface area is 117 Å². The maximum Gasteiger partial charge on any atom is 0.255 e. The van der Waals surface area contributed by atoms with Gasteiger partial charge in [0.15, 0.2) is 0 Å². The number of likely N-dealkylation sites (tertiary alicyclic amines) is 1. The van der Waals surface area contributed by atoms with Crippen LogP contribution in [-0.2, 0) is 0 Å². The fourth-order valence-corrected chi connectivity index (χ4v) is 2.18. The quantitative estimate of drug-likeness (QED) is 0.480. The van der Waals surface area contributed by atoms with E-state index < -0.39 is 0 Å². The van der Waals surface area contributed by atoms with Crippen molar-refractivity contribution >= 4 is 5.91 Å². The lowest BCUT2D eigenvalue weighted by Crippen LogP contribution is -2.39. The molecular formula is C13H17N5O2. The smallest absolute Gasteiger partial charge is 0.255 e. The molecule has 7 heteroatoms. The molecule has 2 rings (SSSR count). The van der Waals surface area contributed by atoms with Crippen molar-refractivity contribution in [2.75, 3.05) is 19.7 Å². The van der Waals surface area contributed by atoms with Gasteiger partial charge >= 0.3 is 0 Å². The first-order valence-electron chi connectivity index (χ1n) is 6.67. The average Bonchev–Trinajstić information content (AvgIpc) is 2.49. The SMILES string of the molecule is CCOc1ccc(C(=O)N2CCC(N=[N+]=[N-])CC2)cn1. The van der Waals surface area contributed by atoms with E-state index in [2.05, 4.69) is 15.0 Å². The van der Waals surface area contributed by atoms with Crippen molar-refractivity contribution in [3.05, 3.63) is 34.3 Å². The molecular weight excluding hydrogens is 258 g/mol. The largest absolute Gasteiger partial charge is 0.478 e. The third-order valence-corrected chi connectivity index (χ3v) is 3.24. The Hall–Kier alpha value is -2.27. The number of carbonyl (C=O) groups is 1. The van der Waals surface area contributed by atoms with E-state index in [1.54, 1.807) is 17.0 Å². The van der Waals surface area contributed by atoms with E-state index in [1.807, 2.05) is 6.92 Å². The lowest BCUT2D eigenvalue weighted by molar-refractivity contribution is 0.0714. The van der Waals surface area contributed by atoms with Gasteiger partial charge in [-0.05, 0) is 31.4 Å². The standard InChI is InChI=1S/C13H17N5O2/c1-2-20-12-4-3-10(9-15-12)13(19)18-7-5-11(6-8-18)16-17-14/h3-4,9,11H,2,5-8H2,1H3. The second-order valence-corrected chi connectivity index (χ2v) is 4.55. The van der Waals surface area contributed by atoms with Crippen molar-refractivity contribution in [1.29, 1.82) is 0 Å². The van der Waals surface area contributed by atoms with Crippen LogP contribution in [0, 0.1) is 0 Å². The highest BCUT2D eigenvalue weighted by Gasteiger charge is 2.23. The summed E-state index contributed by atoms with van der Waals surface area (Å²) in [4.78, 5) is 20.9. The molecule has 0 radical (unpaired) electrons. The third-order valence-electron chi connectivity index (χ3n) is 3.24. The van der Waals surface area contributed by atoms with Gasteiger partial charge in [0.1, 0.15) is 0 Å². The Morgan fingerprint density at radius 1 is 1.55 bits per heavy atom. The molecule has 0 aromatic carbocycles. The Morgan fingerprint density at radius 2 is 2.30 bits per heavy atom. The second kappa shape index (κ2) is 6.77. The fourth-order valence-electron chi connectivity index (χ4n) is 2.18. The van der Waals surface area contributed by atoms with E-state index in [9.17, 15) is 4.79 Å². The van der Waals surface area contributed by atoms with Crippen LogP contribution in [0.3, 0.4) is 0 Å². The molecule has 0 unspecified atom stereocenters. The van der Waals surface area contributed by atoms with E-state index in [1.165, 1.54) is 6.20 Å². The molecule has 1 aromatic rings. The molecule has 0 atom stereocenters. The maximum absolute atomic E-state index is 12.3. The minimum Gasteiger partial charge on any atom is -0.478 e. The average molecular weight is 275 g/mol. The number of hydrogen-bond donors (Lipinski definition) is 0. The summed E-state index contributed by atoms with van der Waals surface area (Å²) in [5.74, 6) is 0.478. The maximum atomic E-state index is 12.3. The summed E-state index contributed by atoms with van der Waals surface area (Å²) in [7, 11) is 0. The van der Waals surface area contributed by atoms with Crippen LogP contribution in [0.5, 0.6) is 5.88 Å². The molecule has 1 saturated heterocycles. The molecule has 2 heterocycles. The molecule has 1 aliphatic heterocycles. The topological polar surface area (TPSA) is 91.2 Å². The molecule has 106 valence electrons. The lowest BCUT2D eigenvalue weighted by atomic mass is 10.1. The van der Waals surface area contributed by atoms with Crippen LogP contribution in [0.2, 0.25) is 0 Å². The summed E-state index contributed by atoms with van der Waals surface area (Å²) in [5, 5.41) is 3.70. The zero-order valence-corrected chi connectivity index (χ0v) is 11.4. The van der Waals surface area contributed by atoms with Crippen LogP contribution >= 0.6 is 0 Å². The van der Waals surface area contributed by atoms with Gasteiger partial charge in [0.25, 0.3) is 5.91 Å². The van der Waals surface area contributed by atoms with Gasteiger partial charge in [0.2, 0.25) is 5.88 Å². The Balaban J connectivity index is 1.96. The highest BCUT2D eigenvalue weighted by Crippen LogP contribution is 2.17. The fraction of sp³-hybridized carbons (Fsp3) is 0.538. The normalized spacial score (nSPS) is 15.6. The van der Waals surface area contributed by atoms with Crippen molar-refractivity contribution in [1.82, 2.24) is 9.88 Å². The van der Waals surface area contributed by atoms with E-state index in [0.29, 0.717) is 44.0 Å². The summed E-state index contributed by atoms with van der Waals surface area (Å²) in [6.07, 6.45) is 2.95. The number of nitrogens with zero attached hydrogens (tertiary/aromatic N) is 5. The van der Waals surface area contributed by atoms with E-state index in [0.717, 1.165) is 0 Å². The summed E-state index contributed by atoms with van der Waals surface area (Å²) in [5.41, 5.74) is 8.95. The number of ether oxygens (including phenoxy) is 1. The van der Waals surface area contributed by atoms with Crippen molar-refractivity contribution in [3.8, 4) is 5.88 Å². The van der Waals surface area contributed by atoms with Gasteiger partial charge in [0, 0.05) is 36.3 Å². The molecule has 0 saturated carbocycles. The first-order valence-corrected chi connectivity index (χ1v) is 6.67. The predicted octanol–water partition coefficient (Wildman–Crippen LogP) is 2.40. The molecule has 1 fully saturated rings. The second-order valence-electron chi connectivity index (χ2n) is 4.55. The molecule has 1 amide bonds. The van der Waals surface area contributed by atoms with Crippen LogP contribution in [0.25, 0.3) is 10.4 Å². The number of amides is 1. The Bertz CT molecular complexity index is 502. The number of hydrogen-bond acceptors (Lipinski definition) is 4. The summed E-state index contributed by atoms with van der Waals surface area (Å²) in [6, 6.07) is 3.42. The molecule has 0 N–H and O–H groups in total. The van der Waals surface area contributed by atoms with Crippen LogP contribution in [0.15, 0.2) is 23.4 Å². The van der Waals surface area contributed by atoms with Gasteiger partial charge in [0.05, 0.1) is 12.2 Å². The summed E-state index contributed by atoms with van der Waals surface area (Å²) < 4.78 is 5.24. The summed E-state index contributed by atoms with van der Waals surface area (Å²) in [6.45, 7) is 3.65. The first kappa shape index (κ1) is 14.1. The van der Waals surface area contributed by atoms with E-state index in [4.69, 9.17) is 10.3 Å². The highest BCUT2D eigenvalue weighted by atomic mass is 16.5. The van der Waals surface area contributed by atoms with Gasteiger partial charge in [-0.1, -0.05) is 5.11 Å². The van der Waals surface area contributed by atoms with Gasteiger partial charge in [-0.3, -0.25) is 4.79 Å². The molecule has 7 nitrogen and oxygen atoms in total. The van der Waals surface area contributed by atoms with E-state index >= 15 is 0 Å². The van der Waals surface area contributed by atoms with Gasteiger partial charge < -0.3 is 9.64 Å². The van der Waals surface area contributed by atoms with Gasteiger partial charge in [-0.25, -0.2) is 4.98 Å². The molecule has 0 spiro atoms. The van der Waals surface area contributed by atoms with Crippen molar-refractivity contribution < 1.29 is 9.53 Å². The number of azide groups is 1. The first-order chi connectivity index (χ1) is 9.74. The molecule has 1 aromatic heterocycles. The Kier molecular flexibility index (Phi) is 4.79. The zero-order valence-electron chi connectivity index (χ0n) is 11.4.